The second-order valence-corrected chi connectivity index (χ2v) is 4.87. The first-order valence-electron chi connectivity index (χ1n) is 6.83. The monoisotopic (exact) mass is 249 g/mol. The van der Waals surface area contributed by atoms with Crippen molar-refractivity contribution in [3.05, 3.63) is 65.2 Å². The van der Waals surface area contributed by atoms with Crippen LogP contribution < -0.4 is 10.8 Å². The van der Waals surface area contributed by atoms with Gasteiger partial charge in [0.1, 0.15) is 7.85 Å². The minimum atomic E-state index is 0.372. The third-order valence-corrected chi connectivity index (χ3v) is 3.54. The summed E-state index contributed by atoms with van der Waals surface area (Å²) in [6, 6.07) is 17.1. The van der Waals surface area contributed by atoms with Crippen molar-refractivity contribution >= 4 is 13.3 Å². The summed E-state index contributed by atoms with van der Waals surface area (Å²) >= 11 is 0. The molecule has 0 fully saturated rings. The highest BCUT2D eigenvalue weighted by molar-refractivity contribution is 6.32. The Morgan fingerprint density at radius 1 is 0.947 bits per heavy atom. The fourth-order valence-electron chi connectivity index (χ4n) is 2.35. The lowest BCUT2D eigenvalue weighted by Crippen LogP contribution is -2.18. The average molecular weight is 249 g/mol. The molecule has 0 bridgehead atoms. The molecule has 0 aliphatic heterocycles. The van der Waals surface area contributed by atoms with E-state index in [4.69, 9.17) is 7.85 Å². The molecule has 0 spiro atoms. The molecule has 96 valence electrons. The van der Waals surface area contributed by atoms with E-state index in [1.807, 2.05) is 19.2 Å². The Kier molecular flexibility index (Phi) is 4.81. The summed E-state index contributed by atoms with van der Waals surface area (Å²) in [6.45, 7) is 3.11. The van der Waals surface area contributed by atoms with Crippen molar-refractivity contribution in [2.24, 2.45) is 0 Å². The molecule has 0 aliphatic rings. The van der Waals surface area contributed by atoms with Gasteiger partial charge in [0.25, 0.3) is 0 Å². The lowest BCUT2D eigenvalue weighted by molar-refractivity contribution is 0.708. The van der Waals surface area contributed by atoms with Gasteiger partial charge >= 0.3 is 0 Å². The fourth-order valence-corrected chi connectivity index (χ4v) is 2.35. The molecule has 0 aliphatic carbocycles. The van der Waals surface area contributed by atoms with Crippen molar-refractivity contribution in [3.8, 4) is 0 Å². The summed E-state index contributed by atoms with van der Waals surface area (Å²) in [7, 11) is 7.75. The molecule has 0 saturated heterocycles. The maximum atomic E-state index is 5.76. The lowest BCUT2D eigenvalue weighted by Gasteiger charge is -2.18. The van der Waals surface area contributed by atoms with Crippen molar-refractivity contribution in [2.45, 2.75) is 19.3 Å². The first kappa shape index (κ1) is 13.9. The summed E-state index contributed by atoms with van der Waals surface area (Å²) in [5, 5.41) is 3.28. The first-order valence-corrected chi connectivity index (χ1v) is 6.83. The molecule has 2 rings (SSSR count). The number of likely N-dealkylation sites (N-methyl/N-ethyl adjacent to an activating group) is 1. The molecule has 19 heavy (non-hydrogen) atoms. The predicted molar refractivity (Wildman–Crippen MR) is 83.4 cm³/mol. The van der Waals surface area contributed by atoms with Crippen molar-refractivity contribution in [3.63, 3.8) is 0 Å². The fraction of sp³-hybridized carbons (Fsp3) is 0.294. The Labute approximate surface area is 117 Å². The van der Waals surface area contributed by atoms with Crippen LogP contribution in [-0.4, -0.2) is 21.4 Å². The normalized spacial score (nSPS) is 12.3. The van der Waals surface area contributed by atoms with Gasteiger partial charge in [0.2, 0.25) is 0 Å². The summed E-state index contributed by atoms with van der Waals surface area (Å²) in [4.78, 5) is 0. The topological polar surface area (TPSA) is 12.0 Å². The van der Waals surface area contributed by atoms with Gasteiger partial charge in [0.15, 0.2) is 0 Å². The molecule has 1 atom stereocenters. The van der Waals surface area contributed by atoms with Crippen LogP contribution in [0.3, 0.4) is 0 Å². The molecule has 2 radical (unpaired) electrons. The zero-order chi connectivity index (χ0) is 13.7. The van der Waals surface area contributed by atoms with Gasteiger partial charge in [-0.1, -0.05) is 60.9 Å². The highest BCUT2D eigenvalue weighted by atomic mass is 14.8. The van der Waals surface area contributed by atoms with E-state index in [1.54, 1.807) is 0 Å². The van der Waals surface area contributed by atoms with Crippen LogP contribution in [0, 0.1) is 0 Å². The summed E-state index contributed by atoms with van der Waals surface area (Å²) in [5.74, 6) is 0.372. The van der Waals surface area contributed by atoms with Gasteiger partial charge in [-0.25, -0.2) is 0 Å². The largest absolute Gasteiger partial charge is 0.319 e. The van der Waals surface area contributed by atoms with Crippen LogP contribution in [0.25, 0.3) is 0 Å². The van der Waals surface area contributed by atoms with Gasteiger partial charge in [-0.2, -0.15) is 0 Å². The van der Waals surface area contributed by atoms with E-state index in [0.717, 1.165) is 18.4 Å². The maximum Gasteiger partial charge on any atom is 0.113 e. The van der Waals surface area contributed by atoms with Crippen molar-refractivity contribution in [1.82, 2.24) is 5.32 Å². The van der Waals surface area contributed by atoms with Crippen LogP contribution in [0.2, 0.25) is 0 Å². The van der Waals surface area contributed by atoms with E-state index >= 15 is 0 Å². The SMILES string of the molecule is [B]c1ccc(C(CNC)c2ccc(CC)cc2)cc1. The third kappa shape index (κ3) is 3.48. The van der Waals surface area contributed by atoms with Gasteiger partial charge in [0, 0.05) is 12.5 Å². The number of aryl methyl sites for hydroxylation is 1. The number of benzene rings is 2. The maximum absolute atomic E-state index is 5.76. The van der Waals surface area contributed by atoms with Gasteiger partial charge in [-0.3, -0.25) is 0 Å². The highest BCUT2D eigenvalue weighted by Gasteiger charge is 2.12. The molecule has 1 unspecified atom stereocenters. The minimum absolute atomic E-state index is 0.372. The number of hydrogen-bond donors (Lipinski definition) is 1. The average Bonchev–Trinajstić information content (AvgIpc) is 2.46. The number of hydrogen-bond acceptors (Lipinski definition) is 1. The first-order chi connectivity index (χ1) is 9.24. The standard InChI is InChI=1S/C17H20BN/c1-3-13-4-6-14(7-5-13)17(12-19-2)15-8-10-16(18)11-9-15/h4-11,17,19H,3,12H2,1-2H3. The van der Waals surface area contributed by atoms with E-state index in [9.17, 15) is 0 Å². The van der Waals surface area contributed by atoms with E-state index in [-0.39, 0.29) is 0 Å². The lowest BCUT2D eigenvalue weighted by atomic mass is 9.87. The molecular formula is C17H20BN. The van der Waals surface area contributed by atoms with E-state index in [0.29, 0.717) is 5.92 Å². The minimum Gasteiger partial charge on any atom is -0.319 e. The molecule has 0 amide bonds. The summed E-state index contributed by atoms with van der Waals surface area (Å²) in [5.41, 5.74) is 4.83. The molecule has 1 nitrogen and oxygen atoms in total. The van der Waals surface area contributed by atoms with Crippen LogP contribution in [0.15, 0.2) is 48.5 Å². The Bertz CT molecular complexity index is 502. The summed E-state index contributed by atoms with van der Waals surface area (Å²) < 4.78 is 0. The van der Waals surface area contributed by atoms with Crippen molar-refractivity contribution < 1.29 is 0 Å². The second-order valence-electron chi connectivity index (χ2n) is 4.87. The quantitative estimate of drug-likeness (QED) is 0.802. The molecule has 2 aromatic rings. The summed E-state index contributed by atoms with van der Waals surface area (Å²) in [6.07, 6.45) is 1.08. The Balaban J connectivity index is 2.30. The second kappa shape index (κ2) is 6.58. The zero-order valence-electron chi connectivity index (χ0n) is 11.7. The van der Waals surface area contributed by atoms with Crippen molar-refractivity contribution in [1.29, 1.82) is 0 Å². The molecule has 0 heterocycles. The zero-order valence-corrected chi connectivity index (χ0v) is 11.7. The number of rotatable bonds is 5. The van der Waals surface area contributed by atoms with E-state index in [2.05, 4.69) is 48.6 Å². The van der Waals surface area contributed by atoms with Gasteiger partial charge in [-0.15, -0.1) is 0 Å². The molecule has 0 saturated carbocycles. The van der Waals surface area contributed by atoms with Gasteiger partial charge < -0.3 is 5.32 Å². The number of nitrogens with one attached hydrogen (secondary N) is 1. The Hall–Kier alpha value is -1.54. The van der Waals surface area contributed by atoms with E-state index in [1.165, 1.54) is 16.7 Å². The van der Waals surface area contributed by atoms with Gasteiger partial charge in [0.05, 0.1) is 0 Å². The van der Waals surface area contributed by atoms with Gasteiger partial charge in [-0.05, 0) is 30.2 Å². The van der Waals surface area contributed by atoms with Crippen LogP contribution >= 0.6 is 0 Å². The molecular weight excluding hydrogens is 229 g/mol. The Morgan fingerprint density at radius 2 is 1.47 bits per heavy atom. The molecule has 2 heteroatoms. The highest BCUT2D eigenvalue weighted by Crippen LogP contribution is 2.24. The van der Waals surface area contributed by atoms with E-state index < -0.39 is 0 Å². The van der Waals surface area contributed by atoms with Crippen LogP contribution in [0.1, 0.15) is 29.5 Å². The predicted octanol–water partition coefficient (Wildman–Crippen LogP) is 2.39. The molecule has 1 N–H and O–H groups in total. The van der Waals surface area contributed by atoms with Crippen LogP contribution in [-0.2, 0) is 6.42 Å². The molecule has 2 aromatic carbocycles. The third-order valence-electron chi connectivity index (χ3n) is 3.54. The van der Waals surface area contributed by atoms with Crippen molar-refractivity contribution in [2.75, 3.05) is 13.6 Å². The molecule has 0 aromatic heterocycles. The smallest absolute Gasteiger partial charge is 0.113 e. The Morgan fingerprint density at radius 3 is 1.95 bits per heavy atom. The van der Waals surface area contributed by atoms with Crippen LogP contribution in [0.5, 0.6) is 0 Å². The van der Waals surface area contributed by atoms with Crippen LogP contribution in [0.4, 0.5) is 0 Å².